The summed E-state index contributed by atoms with van der Waals surface area (Å²) in [4.78, 5) is 11.3. The van der Waals surface area contributed by atoms with Gasteiger partial charge in [0.1, 0.15) is 6.04 Å². The van der Waals surface area contributed by atoms with Crippen molar-refractivity contribution in [3.05, 3.63) is 0 Å². The first-order valence-electron chi connectivity index (χ1n) is 6.63. The minimum atomic E-state index is -0.671. The van der Waals surface area contributed by atoms with Crippen molar-refractivity contribution in [1.82, 2.24) is 5.32 Å². The highest BCUT2D eigenvalue weighted by Crippen LogP contribution is 2.32. The second-order valence-electron chi connectivity index (χ2n) is 5.05. The zero-order valence-corrected chi connectivity index (χ0v) is 10.5. The first kappa shape index (κ1) is 13.5. The lowest BCUT2D eigenvalue weighted by molar-refractivity contribution is -0.142. The number of hydrogen-bond donors (Lipinski definition) is 2. The molecule has 0 saturated heterocycles. The normalized spacial score (nSPS) is 27.6. The standard InChI is InChI=1S/C13H25NO2/c1-3-4-9-14-12(13(15)16)11-8-6-5-7-10(11)2/h10-12,14H,3-9H2,1-2H3,(H,15,16). The molecular formula is C13H25NO2. The number of unbranched alkanes of at least 4 members (excludes halogenated alkanes) is 1. The number of hydrogen-bond acceptors (Lipinski definition) is 2. The summed E-state index contributed by atoms with van der Waals surface area (Å²) in [6, 6.07) is -0.332. The van der Waals surface area contributed by atoms with Crippen LogP contribution in [0.3, 0.4) is 0 Å². The molecule has 3 atom stereocenters. The van der Waals surface area contributed by atoms with Gasteiger partial charge in [-0.3, -0.25) is 4.79 Å². The largest absolute Gasteiger partial charge is 0.480 e. The van der Waals surface area contributed by atoms with Crippen molar-refractivity contribution in [2.45, 2.75) is 58.4 Å². The molecule has 3 heteroatoms. The third-order valence-electron chi connectivity index (χ3n) is 3.77. The average molecular weight is 227 g/mol. The molecule has 0 amide bonds. The SMILES string of the molecule is CCCCNC(C(=O)O)C1CCCCC1C. The molecule has 0 aromatic rings. The Labute approximate surface area is 98.6 Å². The zero-order valence-electron chi connectivity index (χ0n) is 10.5. The van der Waals surface area contributed by atoms with Crippen molar-refractivity contribution in [1.29, 1.82) is 0 Å². The minimum Gasteiger partial charge on any atom is -0.480 e. The Morgan fingerprint density at radius 2 is 2.12 bits per heavy atom. The Kier molecular flexibility index (Phi) is 5.81. The van der Waals surface area contributed by atoms with Crippen LogP contribution in [0.5, 0.6) is 0 Å². The summed E-state index contributed by atoms with van der Waals surface area (Å²) < 4.78 is 0. The highest BCUT2D eigenvalue weighted by Gasteiger charge is 2.33. The molecule has 16 heavy (non-hydrogen) atoms. The summed E-state index contributed by atoms with van der Waals surface area (Å²) in [5.41, 5.74) is 0. The number of nitrogens with one attached hydrogen (secondary N) is 1. The van der Waals surface area contributed by atoms with E-state index in [0.717, 1.165) is 25.8 Å². The fourth-order valence-electron chi connectivity index (χ4n) is 2.70. The molecule has 0 aliphatic heterocycles. The molecule has 0 aromatic heterocycles. The fraction of sp³-hybridized carbons (Fsp3) is 0.923. The van der Waals surface area contributed by atoms with Gasteiger partial charge in [-0.15, -0.1) is 0 Å². The van der Waals surface area contributed by atoms with Gasteiger partial charge in [-0.2, -0.15) is 0 Å². The van der Waals surface area contributed by atoms with Gasteiger partial charge in [0.15, 0.2) is 0 Å². The molecule has 0 aromatic carbocycles. The molecule has 0 radical (unpaired) electrons. The summed E-state index contributed by atoms with van der Waals surface area (Å²) in [5, 5.41) is 12.5. The molecule has 1 rings (SSSR count). The van der Waals surface area contributed by atoms with Crippen molar-refractivity contribution in [2.75, 3.05) is 6.54 Å². The van der Waals surface area contributed by atoms with E-state index in [1.807, 2.05) is 0 Å². The lowest BCUT2D eigenvalue weighted by atomic mass is 9.76. The topological polar surface area (TPSA) is 49.3 Å². The smallest absolute Gasteiger partial charge is 0.320 e. The van der Waals surface area contributed by atoms with E-state index in [4.69, 9.17) is 0 Å². The summed E-state index contributed by atoms with van der Waals surface area (Å²) in [6.45, 7) is 5.15. The van der Waals surface area contributed by atoms with Crippen LogP contribution in [0.15, 0.2) is 0 Å². The molecule has 1 fully saturated rings. The van der Waals surface area contributed by atoms with E-state index < -0.39 is 5.97 Å². The third kappa shape index (κ3) is 3.78. The lowest BCUT2D eigenvalue weighted by Crippen LogP contribution is -2.46. The molecule has 3 unspecified atom stereocenters. The number of carboxylic acids is 1. The van der Waals surface area contributed by atoms with E-state index in [9.17, 15) is 9.90 Å². The van der Waals surface area contributed by atoms with Crippen molar-refractivity contribution < 1.29 is 9.90 Å². The van der Waals surface area contributed by atoms with E-state index >= 15 is 0 Å². The molecule has 94 valence electrons. The van der Waals surface area contributed by atoms with Gasteiger partial charge in [-0.05, 0) is 31.2 Å². The fourth-order valence-corrected chi connectivity index (χ4v) is 2.70. The van der Waals surface area contributed by atoms with Crippen molar-refractivity contribution in [3.8, 4) is 0 Å². The van der Waals surface area contributed by atoms with E-state index in [2.05, 4.69) is 19.2 Å². The van der Waals surface area contributed by atoms with Crippen LogP contribution in [0.1, 0.15) is 52.4 Å². The van der Waals surface area contributed by atoms with Gasteiger partial charge in [0.25, 0.3) is 0 Å². The monoisotopic (exact) mass is 227 g/mol. The maximum absolute atomic E-state index is 11.3. The molecule has 0 heterocycles. The summed E-state index contributed by atoms with van der Waals surface area (Å²) in [5.74, 6) is 0.196. The van der Waals surface area contributed by atoms with Crippen molar-refractivity contribution in [2.24, 2.45) is 11.8 Å². The molecule has 1 aliphatic carbocycles. The Balaban J connectivity index is 2.50. The third-order valence-corrected chi connectivity index (χ3v) is 3.77. The zero-order chi connectivity index (χ0) is 12.0. The Morgan fingerprint density at radius 1 is 1.44 bits per heavy atom. The van der Waals surface area contributed by atoms with Crippen LogP contribution in [0.2, 0.25) is 0 Å². The maximum atomic E-state index is 11.3. The van der Waals surface area contributed by atoms with E-state index in [0.29, 0.717) is 11.8 Å². The van der Waals surface area contributed by atoms with Crippen LogP contribution in [0, 0.1) is 11.8 Å². The van der Waals surface area contributed by atoms with Crippen molar-refractivity contribution in [3.63, 3.8) is 0 Å². The highest BCUT2D eigenvalue weighted by molar-refractivity contribution is 5.73. The number of aliphatic carboxylic acids is 1. The predicted octanol–water partition coefficient (Wildman–Crippen LogP) is 2.66. The summed E-state index contributed by atoms with van der Waals surface area (Å²) in [6.07, 6.45) is 6.87. The number of carbonyl (C=O) groups is 1. The summed E-state index contributed by atoms with van der Waals surface area (Å²) in [7, 11) is 0. The van der Waals surface area contributed by atoms with Crippen LogP contribution in [-0.4, -0.2) is 23.7 Å². The lowest BCUT2D eigenvalue weighted by Gasteiger charge is -2.33. The Morgan fingerprint density at radius 3 is 2.69 bits per heavy atom. The van der Waals surface area contributed by atoms with Gasteiger partial charge in [-0.1, -0.05) is 39.5 Å². The van der Waals surface area contributed by atoms with Crippen LogP contribution < -0.4 is 5.32 Å². The van der Waals surface area contributed by atoms with E-state index in [1.54, 1.807) is 0 Å². The molecule has 0 bridgehead atoms. The molecule has 0 spiro atoms. The minimum absolute atomic E-state index is 0.322. The second kappa shape index (κ2) is 6.89. The molecular weight excluding hydrogens is 202 g/mol. The number of rotatable bonds is 6. The quantitative estimate of drug-likeness (QED) is 0.686. The predicted molar refractivity (Wildman–Crippen MR) is 65.5 cm³/mol. The maximum Gasteiger partial charge on any atom is 0.320 e. The van der Waals surface area contributed by atoms with Crippen LogP contribution in [0.25, 0.3) is 0 Å². The van der Waals surface area contributed by atoms with Gasteiger partial charge < -0.3 is 10.4 Å². The van der Waals surface area contributed by atoms with Gasteiger partial charge in [0, 0.05) is 0 Å². The molecule has 1 aliphatic rings. The second-order valence-corrected chi connectivity index (χ2v) is 5.05. The van der Waals surface area contributed by atoms with Crippen LogP contribution in [-0.2, 0) is 4.79 Å². The van der Waals surface area contributed by atoms with Crippen molar-refractivity contribution >= 4 is 5.97 Å². The molecule has 2 N–H and O–H groups in total. The van der Waals surface area contributed by atoms with Crippen LogP contribution >= 0.6 is 0 Å². The van der Waals surface area contributed by atoms with Gasteiger partial charge in [0.05, 0.1) is 0 Å². The molecule has 1 saturated carbocycles. The molecule has 3 nitrogen and oxygen atoms in total. The Hall–Kier alpha value is -0.570. The van der Waals surface area contributed by atoms with Gasteiger partial charge in [0.2, 0.25) is 0 Å². The van der Waals surface area contributed by atoms with Crippen LogP contribution in [0.4, 0.5) is 0 Å². The van der Waals surface area contributed by atoms with E-state index in [1.165, 1.54) is 19.3 Å². The van der Waals surface area contributed by atoms with E-state index in [-0.39, 0.29) is 6.04 Å². The first-order chi connectivity index (χ1) is 7.66. The number of carboxylic acid groups (broad SMARTS) is 1. The summed E-state index contributed by atoms with van der Waals surface area (Å²) >= 11 is 0. The average Bonchev–Trinajstić information content (AvgIpc) is 2.25. The highest BCUT2D eigenvalue weighted by atomic mass is 16.4. The van der Waals surface area contributed by atoms with Gasteiger partial charge >= 0.3 is 5.97 Å². The first-order valence-corrected chi connectivity index (χ1v) is 6.63. The Bertz CT molecular complexity index is 218. The van der Waals surface area contributed by atoms with Gasteiger partial charge in [-0.25, -0.2) is 0 Å².